The third-order valence-electron chi connectivity index (χ3n) is 5.30. The van der Waals surface area contributed by atoms with E-state index in [1.807, 2.05) is 0 Å². The molecule has 0 bridgehead atoms. The number of hydrogen-bond donors (Lipinski definition) is 0. The van der Waals surface area contributed by atoms with Crippen molar-refractivity contribution in [2.24, 2.45) is 0 Å². The average molecular weight is 302 g/mol. The van der Waals surface area contributed by atoms with Crippen LogP contribution in [0.4, 0.5) is 0 Å². The van der Waals surface area contributed by atoms with Crippen LogP contribution in [0.15, 0.2) is 72.8 Å². The predicted molar refractivity (Wildman–Crippen MR) is 105 cm³/mol. The first kappa shape index (κ1) is 12.3. The van der Waals surface area contributed by atoms with Crippen molar-refractivity contribution in [1.82, 2.24) is 0 Å². The zero-order chi connectivity index (χ0) is 15.7. The van der Waals surface area contributed by atoms with Crippen molar-refractivity contribution in [3.8, 4) is 0 Å². The first-order chi connectivity index (χ1) is 11.9. The monoisotopic (exact) mass is 302 g/mol. The Hall–Kier alpha value is -3.12. The molecule has 1 aliphatic carbocycles. The maximum Gasteiger partial charge on any atom is -0.00324 e. The average Bonchev–Trinajstić information content (AvgIpc) is 3.03. The minimum Gasteiger partial charge on any atom is -0.0616 e. The van der Waals surface area contributed by atoms with E-state index in [0.717, 1.165) is 0 Å². The number of rotatable bonds is 0. The summed E-state index contributed by atoms with van der Waals surface area (Å²) in [6.45, 7) is 0. The normalized spacial score (nSPS) is 12.8. The van der Waals surface area contributed by atoms with Crippen LogP contribution < -0.4 is 0 Å². The second kappa shape index (κ2) is 4.24. The van der Waals surface area contributed by atoms with Gasteiger partial charge in [0.15, 0.2) is 0 Å². The summed E-state index contributed by atoms with van der Waals surface area (Å²) in [7, 11) is 0. The van der Waals surface area contributed by atoms with Crippen LogP contribution in [-0.4, -0.2) is 0 Å². The lowest BCUT2D eigenvalue weighted by molar-refractivity contribution is 1.75. The fourth-order valence-electron chi connectivity index (χ4n) is 4.17. The summed E-state index contributed by atoms with van der Waals surface area (Å²) in [5.41, 5.74) is 2.68. The van der Waals surface area contributed by atoms with Crippen molar-refractivity contribution in [3.05, 3.63) is 83.9 Å². The van der Waals surface area contributed by atoms with E-state index in [1.54, 1.807) is 0 Å². The zero-order valence-corrected chi connectivity index (χ0v) is 13.1. The van der Waals surface area contributed by atoms with Gasteiger partial charge in [-0.15, -0.1) is 0 Å². The largest absolute Gasteiger partial charge is 0.0616 e. The van der Waals surface area contributed by atoms with Crippen molar-refractivity contribution in [2.45, 2.75) is 0 Å². The predicted octanol–water partition coefficient (Wildman–Crippen LogP) is 6.78. The lowest BCUT2D eigenvalue weighted by Crippen LogP contribution is -1.84. The minimum atomic E-state index is 1.30. The van der Waals surface area contributed by atoms with E-state index in [0.29, 0.717) is 0 Å². The van der Waals surface area contributed by atoms with Gasteiger partial charge in [-0.25, -0.2) is 0 Å². The summed E-state index contributed by atoms with van der Waals surface area (Å²) in [5, 5.41) is 10.7. The summed E-state index contributed by atoms with van der Waals surface area (Å²) >= 11 is 0. The summed E-state index contributed by atoms with van der Waals surface area (Å²) in [6.07, 6.45) is 4.46. The van der Waals surface area contributed by atoms with Crippen molar-refractivity contribution in [1.29, 1.82) is 0 Å². The zero-order valence-electron chi connectivity index (χ0n) is 13.1. The molecule has 0 heteroatoms. The third-order valence-corrected chi connectivity index (χ3v) is 5.30. The molecule has 0 heterocycles. The second-order valence-corrected chi connectivity index (χ2v) is 6.69. The Morgan fingerprint density at radius 3 is 1.96 bits per heavy atom. The number of hydrogen-bond acceptors (Lipinski definition) is 0. The van der Waals surface area contributed by atoms with Gasteiger partial charge in [0.05, 0.1) is 0 Å². The molecule has 0 radical (unpaired) electrons. The highest BCUT2D eigenvalue weighted by Crippen LogP contribution is 2.38. The van der Waals surface area contributed by atoms with E-state index in [4.69, 9.17) is 0 Å². The van der Waals surface area contributed by atoms with Gasteiger partial charge in [-0.2, -0.15) is 0 Å². The highest BCUT2D eigenvalue weighted by atomic mass is 14.2. The van der Waals surface area contributed by atoms with Gasteiger partial charge in [-0.3, -0.25) is 0 Å². The number of benzene rings is 5. The molecule has 110 valence electrons. The van der Waals surface area contributed by atoms with Gasteiger partial charge in [-0.1, -0.05) is 54.6 Å². The SMILES string of the molecule is C1=Cc2cc3cc4cc5ccccc5cc4cc3c3cccc1c23. The summed E-state index contributed by atoms with van der Waals surface area (Å²) in [6, 6.07) is 26.9. The second-order valence-electron chi connectivity index (χ2n) is 6.69. The molecule has 6 rings (SSSR count). The molecule has 0 N–H and O–H groups in total. The molecule has 0 atom stereocenters. The third kappa shape index (κ3) is 1.53. The lowest BCUT2D eigenvalue weighted by atomic mass is 9.94. The Labute approximate surface area is 139 Å². The summed E-state index contributed by atoms with van der Waals surface area (Å²) < 4.78 is 0. The molecular formula is C24H14. The fraction of sp³-hybridized carbons (Fsp3) is 0. The van der Waals surface area contributed by atoms with E-state index in [1.165, 1.54) is 54.2 Å². The van der Waals surface area contributed by atoms with Crippen LogP contribution in [0.25, 0.3) is 55.2 Å². The van der Waals surface area contributed by atoms with Gasteiger partial charge in [0, 0.05) is 0 Å². The summed E-state index contributed by atoms with van der Waals surface area (Å²) in [4.78, 5) is 0. The van der Waals surface area contributed by atoms with E-state index < -0.39 is 0 Å². The van der Waals surface area contributed by atoms with Crippen LogP contribution in [0.3, 0.4) is 0 Å². The van der Waals surface area contributed by atoms with Crippen molar-refractivity contribution in [2.75, 3.05) is 0 Å². The molecule has 0 unspecified atom stereocenters. The molecule has 0 saturated heterocycles. The molecule has 0 aliphatic heterocycles. The smallest absolute Gasteiger partial charge is 0.00324 e. The van der Waals surface area contributed by atoms with Gasteiger partial charge in [0.1, 0.15) is 0 Å². The first-order valence-electron chi connectivity index (χ1n) is 8.37. The van der Waals surface area contributed by atoms with Crippen LogP contribution >= 0.6 is 0 Å². The molecule has 0 aromatic heterocycles. The highest BCUT2D eigenvalue weighted by molar-refractivity contribution is 6.19. The Bertz CT molecular complexity index is 1340. The quantitative estimate of drug-likeness (QED) is 0.214. The molecule has 1 aliphatic rings. The standard InChI is InChI=1S/C24H14/c1-2-5-17-11-20-14-23-21(13-19(20)10-16(17)4-1)12-18-9-8-15-6-3-7-22(23)24(15)18/h1-14H. The van der Waals surface area contributed by atoms with Gasteiger partial charge >= 0.3 is 0 Å². The van der Waals surface area contributed by atoms with Gasteiger partial charge < -0.3 is 0 Å². The van der Waals surface area contributed by atoms with E-state index in [9.17, 15) is 0 Å². The van der Waals surface area contributed by atoms with Gasteiger partial charge in [0.25, 0.3) is 0 Å². The Balaban J connectivity index is 1.84. The van der Waals surface area contributed by atoms with Crippen LogP contribution in [-0.2, 0) is 0 Å². The van der Waals surface area contributed by atoms with E-state index >= 15 is 0 Å². The molecule has 0 fully saturated rings. The Morgan fingerprint density at radius 1 is 0.417 bits per heavy atom. The first-order valence-corrected chi connectivity index (χ1v) is 8.37. The lowest BCUT2D eigenvalue weighted by Gasteiger charge is -2.10. The van der Waals surface area contributed by atoms with Gasteiger partial charge in [0.2, 0.25) is 0 Å². The van der Waals surface area contributed by atoms with Crippen LogP contribution in [0.2, 0.25) is 0 Å². The van der Waals surface area contributed by atoms with Crippen LogP contribution in [0, 0.1) is 0 Å². The van der Waals surface area contributed by atoms with Crippen molar-refractivity contribution >= 4 is 55.2 Å². The Kier molecular flexibility index (Phi) is 2.18. The van der Waals surface area contributed by atoms with Crippen LogP contribution in [0.1, 0.15) is 11.1 Å². The fourth-order valence-corrected chi connectivity index (χ4v) is 4.17. The van der Waals surface area contributed by atoms with Crippen molar-refractivity contribution < 1.29 is 0 Å². The molecular weight excluding hydrogens is 288 g/mol. The van der Waals surface area contributed by atoms with Gasteiger partial charge in [-0.05, 0) is 84.5 Å². The number of fused-ring (bicyclic) bond motifs is 4. The summed E-state index contributed by atoms with van der Waals surface area (Å²) in [5.74, 6) is 0. The maximum atomic E-state index is 2.36. The van der Waals surface area contributed by atoms with Crippen molar-refractivity contribution in [3.63, 3.8) is 0 Å². The molecule has 24 heavy (non-hydrogen) atoms. The molecule has 5 aromatic carbocycles. The van der Waals surface area contributed by atoms with E-state index in [-0.39, 0.29) is 0 Å². The highest BCUT2D eigenvalue weighted by Gasteiger charge is 2.12. The molecule has 0 nitrogen and oxygen atoms in total. The topological polar surface area (TPSA) is 0 Å². The van der Waals surface area contributed by atoms with Crippen LogP contribution in [0.5, 0.6) is 0 Å². The molecule has 5 aromatic rings. The Morgan fingerprint density at radius 2 is 1.12 bits per heavy atom. The van der Waals surface area contributed by atoms with E-state index in [2.05, 4.69) is 84.9 Å². The maximum absolute atomic E-state index is 2.36. The minimum absolute atomic E-state index is 1.30. The molecule has 0 spiro atoms. The molecule has 0 saturated carbocycles. The molecule has 0 amide bonds.